The van der Waals surface area contributed by atoms with Crippen LogP contribution in [0.15, 0.2) is 65.7 Å². The summed E-state index contributed by atoms with van der Waals surface area (Å²) < 4.78 is 48.4. The minimum absolute atomic E-state index is 0.00951. The molecule has 20 nitrogen and oxygen atoms in total. The molecule has 3 aromatic carbocycles. The van der Waals surface area contributed by atoms with Crippen LogP contribution in [0.25, 0.3) is 0 Å². The number of nitrogens with one attached hydrogen (secondary N) is 4. The molecule has 0 radical (unpaired) electrons. The molecule has 6 rings (SSSR count). The van der Waals surface area contributed by atoms with Gasteiger partial charge in [0.15, 0.2) is 22.3 Å². The van der Waals surface area contributed by atoms with Crippen LogP contribution in [0.3, 0.4) is 0 Å². The lowest BCUT2D eigenvalue weighted by Crippen LogP contribution is -2.54. The number of hydrogen-bond acceptors (Lipinski definition) is 16. The van der Waals surface area contributed by atoms with Crippen molar-refractivity contribution >= 4 is 80.0 Å². The summed E-state index contributed by atoms with van der Waals surface area (Å²) in [6, 6.07) is 13.6. The highest BCUT2D eigenvalue weighted by Gasteiger charge is 2.46. The minimum atomic E-state index is -3.60. The molecule has 4 N–H and O–H groups in total. The molecular formula is C46H53ClN8O12S. The van der Waals surface area contributed by atoms with Gasteiger partial charge in [-0.3, -0.25) is 39.0 Å². The number of imide groups is 2. The number of piperidine rings is 1. The molecule has 68 heavy (non-hydrogen) atoms. The number of benzene rings is 3. The van der Waals surface area contributed by atoms with Crippen LogP contribution in [0.1, 0.15) is 65.0 Å². The average Bonchev–Trinajstić information content (AvgIpc) is 3.56. The number of fused-ring (bicyclic) bond motifs is 1. The number of amides is 6. The van der Waals surface area contributed by atoms with Crippen LogP contribution in [0.5, 0.6) is 11.5 Å². The molecule has 2 aliphatic rings. The number of sulfone groups is 1. The number of methoxy groups -OCH3 is 1. The number of carbonyl (C=O) groups excluding carboxylic acids is 6. The highest BCUT2D eigenvalue weighted by atomic mass is 35.5. The zero-order valence-electron chi connectivity index (χ0n) is 38.2. The number of carbonyl (C=O) groups is 6. The van der Waals surface area contributed by atoms with Gasteiger partial charge < -0.3 is 39.8 Å². The average molecular weight is 977 g/mol. The predicted octanol–water partition coefficient (Wildman–Crippen LogP) is 4.14. The SMILES string of the molecule is COc1cc(CCN(C)C(=O)CCOCCOCCNC(=O)COc2cccc3c2C(=O)N(C2CCC(=O)NC2=O)C3=O)c(C)cc1Nc1ncc(Cl)c(Nc2ccccc2S(=O)(=O)C(C)C)n1. The Morgan fingerprint density at radius 3 is 2.44 bits per heavy atom. The van der Waals surface area contributed by atoms with E-state index in [0.717, 1.165) is 16.0 Å². The Kier molecular flexibility index (Phi) is 17.1. The van der Waals surface area contributed by atoms with Gasteiger partial charge in [-0.2, -0.15) is 4.98 Å². The molecule has 0 saturated carbocycles. The molecule has 0 aliphatic carbocycles. The molecule has 362 valence electrons. The predicted molar refractivity (Wildman–Crippen MR) is 249 cm³/mol. The molecule has 1 aromatic heterocycles. The van der Waals surface area contributed by atoms with E-state index in [1.807, 2.05) is 19.1 Å². The fraction of sp³-hybridized carbons (Fsp3) is 0.391. The molecule has 4 aromatic rings. The first-order chi connectivity index (χ1) is 32.5. The first-order valence-electron chi connectivity index (χ1n) is 21.7. The second kappa shape index (κ2) is 22.9. The van der Waals surface area contributed by atoms with E-state index < -0.39 is 57.3 Å². The molecule has 6 amide bonds. The summed E-state index contributed by atoms with van der Waals surface area (Å²) >= 11 is 6.43. The lowest BCUT2D eigenvalue weighted by atomic mass is 10.0. The van der Waals surface area contributed by atoms with Crippen molar-refractivity contribution in [2.45, 2.75) is 62.6 Å². The monoisotopic (exact) mass is 976 g/mol. The Hall–Kier alpha value is -6.68. The van der Waals surface area contributed by atoms with Crippen molar-refractivity contribution in [3.8, 4) is 11.5 Å². The third-order valence-electron chi connectivity index (χ3n) is 11.0. The van der Waals surface area contributed by atoms with E-state index in [1.165, 1.54) is 37.6 Å². The van der Waals surface area contributed by atoms with Crippen LogP contribution >= 0.6 is 11.6 Å². The summed E-state index contributed by atoms with van der Waals surface area (Å²) in [5, 5.41) is 10.6. The van der Waals surface area contributed by atoms with Crippen molar-refractivity contribution in [1.29, 1.82) is 0 Å². The first kappa shape index (κ1) is 50.7. The number of rotatable bonds is 23. The number of para-hydroxylation sites is 1. The zero-order valence-corrected chi connectivity index (χ0v) is 39.8. The lowest BCUT2D eigenvalue weighted by molar-refractivity contribution is -0.136. The maximum Gasteiger partial charge on any atom is 0.266 e. The molecule has 22 heteroatoms. The largest absolute Gasteiger partial charge is 0.495 e. The second-order valence-corrected chi connectivity index (χ2v) is 18.9. The fourth-order valence-corrected chi connectivity index (χ4v) is 8.59. The number of nitrogens with zero attached hydrogens (tertiary/aromatic N) is 4. The molecule has 0 bridgehead atoms. The Bertz CT molecular complexity index is 2680. The summed E-state index contributed by atoms with van der Waals surface area (Å²) in [6.07, 6.45) is 2.12. The molecule has 2 aliphatic heterocycles. The number of anilines is 4. The molecule has 0 spiro atoms. The van der Waals surface area contributed by atoms with Crippen molar-refractivity contribution in [2.75, 3.05) is 70.9 Å². The number of hydrogen-bond donors (Lipinski definition) is 4. The zero-order chi connectivity index (χ0) is 49.1. The van der Waals surface area contributed by atoms with Gasteiger partial charge in [0, 0.05) is 26.6 Å². The van der Waals surface area contributed by atoms with Gasteiger partial charge in [0.1, 0.15) is 22.6 Å². The number of ether oxygens (including phenoxy) is 4. The summed E-state index contributed by atoms with van der Waals surface area (Å²) in [5.74, 6) is -2.30. The van der Waals surface area contributed by atoms with E-state index in [4.69, 9.17) is 30.5 Å². The van der Waals surface area contributed by atoms with E-state index >= 15 is 0 Å². The molecule has 1 atom stereocenters. The van der Waals surface area contributed by atoms with Crippen LogP contribution in [0.2, 0.25) is 5.02 Å². The highest BCUT2D eigenvalue weighted by Crippen LogP contribution is 2.35. The van der Waals surface area contributed by atoms with Crippen molar-refractivity contribution in [3.05, 3.63) is 88.1 Å². The third-order valence-corrected chi connectivity index (χ3v) is 13.5. The Morgan fingerprint density at radius 1 is 0.956 bits per heavy atom. The maximum absolute atomic E-state index is 13.2. The lowest BCUT2D eigenvalue weighted by Gasteiger charge is -2.27. The van der Waals surface area contributed by atoms with Gasteiger partial charge in [0.2, 0.25) is 23.7 Å². The quantitative estimate of drug-likeness (QED) is 0.0602. The van der Waals surface area contributed by atoms with E-state index in [9.17, 15) is 37.2 Å². The number of aryl methyl sites for hydroxylation is 1. The van der Waals surface area contributed by atoms with E-state index in [0.29, 0.717) is 30.1 Å². The van der Waals surface area contributed by atoms with Gasteiger partial charge in [-0.1, -0.05) is 29.8 Å². The number of aromatic nitrogens is 2. The van der Waals surface area contributed by atoms with Crippen molar-refractivity contribution < 1.29 is 56.1 Å². The summed E-state index contributed by atoms with van der Waals surface area (Å²) in [4.78, 5) is 86.9. The molecule has 1 saturated heterocycles. The topological polar surface area (TPSA) is 254 Å². The van der Waals surface area contributed by atoms with Gasteiger partial charge in [-0.15, -0.1) is 0 Å². The van der Waals surface area contributed by atoms with Crippen molar-refractivity contribution in [2.24, 2.45) is 0 Å². The van der Waals surface area contributed by atoms with Crippen LogP contribution in [0, 0.1) is 6.92 Å². The summed E-state index contributed by atoms with van der Waals surface area (Å²) in [7, 11) is -0.345. The molecular weight excluding hydrogens is 924 g/mol. The van der Waals surface area contributed by atoms with Crippen LogP contribution < -0.4 is 30.7 Å². The second-order valence-electron chi connectivity index (χ2n) is 16.0. The normalized spacial score (nSPS) is 14.7. The maximum atomic E-state index is 13.2. The highest BCUT2D eigenvalue weighted by molar-refractivity contribution is 7.92. The van der Waals surface area contributed by atoms with E-state index in [-0.39, 0.29) is 96.7 Å². The minimum Gasteiger partial charge on any atom is -0.495 e. The van der Waals surface area contributed by atoms with Crippen LogP contribution in [-0.4, -0.2) is 135 Å². The Balaban J connectivity index is 0.872. The molecule has 3 heterocycles. The fourth-order valence-electron chi connectivity index (χ4n) is 7.25. The van der Waals surface area contributed by atoms with E-state index in [1.54, 1.807) is 44.0 Å². The standard InChI is InChI=1S/C46H53ClN8O12S/c1-27(2)68(62,63)37-12-7-6-10-32(37)50-42-31(47)25-49-46(53-42)51-33-23-28(3)29(24-36(33)64-5)15-18-54(4)40(58)16-19-65-21-22-66-20-17-48-39(57)26-67-35-11-8-9-30-41(35)45(61)55(44(30)60)34-13-14-38(56)52-43(34)59/h6-12,23-25,27,34H,13-22,26H2,1-5H3,(H,48,57)(H,52,56,59)(H2,49,50,51,53). The van der Waals surface area contributed by atoms with Gasteiger partial charge in [0.05, 0.1) is 78.8 Å². The van der Waals surface area contributed by atoms with Crippen molar-refractivity contribution in [1.82, 2.24) is 30.4 Å². The number of halogens is 1. The Morgan fingerprint density at radius 2 is 1.71 bits per heavy atom. The van der Waals surface area contributed by atoms with Gasteiger partial charge in [-0.25, -0.2) is 13.4 Å². The van der Waals surface area contributed by atoms with Crippen LogP contribution in [0.4, 0.5) is 23.1 Å². The Labute approximate surface area is 398 Å². The van der Waals surface area contributed by atoms with E-state index in [2.05, 4.69) is 31.2 Å². The first-order valence-corrected chi connectivity index (χ1v) is 23.6. The van der Waals surface area contributed by atoms with Crippen LogP contribution in [-0.2, 0) is 44.9 Å². The number of likely N-dealkylation sites (N-methyl/N-ethyl adjacent to an activating group) is 1. The molecule has 1 fully saturated rings. The summed E-state index contributed by atoms with van der Waals surface area (Å²) in [6.45, 7) is 6.12. The third kappa shape index (κ3) is 12.3. The molecule has 1 unspecified atom stereocenters. The summed E-state index contributed by atoms with van der Waals surface area (Å²) in [5.41, 5.74) is 2.79. The van der Waals surface area contributed by atoms with Crippen molar-refractivity contribution in [3.63, 3.8) is 0 Å². The van der Waals surface area contributed by atoms with Gasteiger partial charge in [0.25, 0.3) is 17.7 Å². The smallest absolute Gasteiger partial charge is 0.266 e. The van der Waals surface area contributed by atoms with Gasteiger partial charge >= 0.3 is 0 Å². The van der Waals surface area contributed by atoms with Gasteiger partial charge in [-0.05, 0) is 81.1 Å².